The maximum absolute atomic E-state index is 19.8. The molecule has 0 aromatic heterocycles. The fraction of sp³-hybridized carbons (Fsp3) is 0.463. The number of hydrogen-bond donors (Lipinski definition) is 0. The zero-order valence-corrected chi connectivity index (χ0v) is 78.3. The number of unbranched alkanes of at least 4 members (excludes halogenated alkanes) is 4. The van der Waals surface area contributed by atoms with Crippen molar-refractivity contribution in [2.45, 2.75) is 326 Å². The van der Waals surface area contributed by atoms with Crippen LogP contribution in [0.2, 0.25) is 0 Å². The van der Waals surface area contributed by atoms with Crippen molar-refractivity contribution >= 4 is 20.8 Å². The zero-order valence-electron chi connectivity index (χ0n) is 76.5. The van der Waals surface area contributed by atoms with Gasteiger partial charge in [0.1, 0.15) is 23.0 Å². The third kappa shape index (κ3) is 20.0. The Balaban J connectivity index is 1.41. The van der Waals surface area contributed by atoms with Crippen LogP contribution in [0.1, 0.15) is 324 Å². The van der Waals surface area contributed by atoms with Crippen molar-refractivity contribution in [3.8, 4) is 67.5 Å². The molecule has 0 fully saturated rings. The van der Waals surface area contributed by atoms with Crippen LogP contribution in [-0.4, -0.2) is 4.90 Å². The second kappa shape index (κ2) is 35.2. The fourth-order valence-corrected chi connectivity index (χ4v) is 21.7. The Hall–Kier alpha value is -7.88. The lowest BCUT2D eigenvalue weighted by Crippen LogP contribution is -2.36. The van der Waals surface area contributed by atoms with Crippen LogP contribution in [0.25, 0.3) is 50.1 Å². The van der Waals surface area contributed by atoms with Crippen molar-refractivity contribution in [2.75, 3.05) is 0 Å². The smallest absolute Gasteiger partial charge is 0.415 e. The summed E-state index contributed by atoms with van der Waals surface area (Å²) in [6.07, 6.45) is 14.8. The van der Waals surface area contributed by atoms with Gasteiger partial charge in [-0.3, -0.25) is 0 Å². The molecule has 0 heterocycles. The molecule has 1 aliphatic carbocycles. The summed E-state index contributed by atoms with van der Waals surface area (Å²) in [5.41, 5.74) is 21.6. The highest BCUT2D eigenvalue weighted by atomic mass is 31.2. The lowest BCUT2D eigenvalue weighted by Gasteiger charge is -2.42. The van der Waals surface area contributed by atoms with E-state index < -0.39 is 20.1 Å². The summed E-state index contributed by atoms with van der Waals surface area (Å²) >= 11 is 0. The van der Waals surface area contributed by atoms with Gasteiger partial charge in [0.05, 0.1) is 0 Å². The average Bonchev–Trinajstić information content (AvgIpc) is 0.705. The van der Waals surface area contributed by atoms with E-state index in [4.69, 9.17) is 18.1 Å². The van der Waals surface area contributed by atoms with Crippen LogP contribution in [0.15, 0.2) is 194 Å². The molecule has 9 aromatic carbocycles. The predicted octanol–water partition coefficient (Wildman–Crippen LogP) is 32.8. The lowest BCUT2D eigenvalue weighted by atomic mass is 9.76. The summed E-state index contributed by atoms with van der Waals surface area (Å²) in [5.74, 6) is 1.53. The normalized spacial score (nSPS) is 14.1. The molecular weight excluding hydrogens is 1460 g/mol. The Morgan fingerprint density at radius 2 is 0.543 bits per heavy atom. The van der Waals surface area contributed by atoms with Crippen molar-refractivity contribution in [3.05, 3.63) is 266 Å². The molecule has 0 aliphatic heterocycles. The molecule has 0 N–H and O–H groups in total. The van der Waals surface area contributed by atoms with Crippen LogP contribution in [0.5, 0.6) is 23.0 Å². The SMILES string of the molecule is CCCCc1c(OP(=O)(Oc2cccc(-c3ccc(C(C)(C)C)cc3C(C)(C)C)c2CCCC)C2(P(=O)(Oc3cccc(-c4ccc(C(C)(C)C)cc4C(C)(C)C)c3CCCC)Oc3cccc(-c4ccc(C(C)(C)C)cc4C(C)(C)C)c3CCCC)C=CC(c3ccccc3)=CC2)cccc1-c1ccc(C(C)(C)C)cc1C(C)(C)C. The molecule has 620 valence electrons. The zero-order chi connectivity index (χ0) is 85.2. The number of rotatable bonds is 27. The van der Waals surface area contributed by atoms with E-state index in [1.807, 2.05) is 78.9 Å². The third-order valence-electron chi connectivity index (χ3n) is 23.7. The Morgan fingerprint density at radius 1 is 0.293 bits per heavy atom. The van der Waals surface area contributed by atoms with Crippen LogP contribution >= 0.6 is 15.2 Å². The average molecular weight is 1600 g/mol. The Labute approximate surface area is 703 Å². The van der Waals surface area contributed by atoms with Crippen LogP contribution in [0, 0.1) is 0 Å². The van der Waals surface area contributed by atoms with E-state index in [1.165, 1.54) is 44.5 Å². The van der Waals surface area contributed by atoms with E-state index in [1.54, 1.807) is 0 Å². The van der Waals surface area contributed by atoms with Crippen molar-refractivity contribution in [1.29, 1.82) is 0 Å². The first kappa shape index (κ1) is 90.4. The standard InChI is InChI=1S/C108H142O6P2/c1-29-33-46-88-80(84-62-58-76(100(5,6)7)70-92(84)104(17,18)19)50-40-54-96(88)111-115(109,112-97-55-41-51-81(89(97)47-34-30-2)85-63-59-77(101(8,9)10)71-93(85)105(20,21)22)108(68-66-75(67-69-108)74-44-38-37-39-45-74)116(110,113-98-56-42-52-82(90(98)48-35-31-3)86-64-60-78(102(11,12)13)72-94(86)106(23,24)25)114-99-57-43-53-83(91(99)49-36-32-4)87-65-61-79(103(14,15)16)73-95(87)107(26,27)28/h37-45,50-68,70-73H,29-36,46-49,69H2,1-28H3. The highest BCUT2D eigenvalue weighted by Crippen LogP contribution is 2.80. The molecule has 6 nitrogen and oxygen atoms in total. The first-order valence-electron chi connectivity index (χ1n) is 43.7. The van der Waals surface area contributed by atoms with Gasteiger partial charge in [-0.05, 0) is 225 Å². The molecule has 10 rings (SSSR count). The molecule has 116 heavy (non-hydrogen) atoms. The summed E-state index contributed by atoms with van der Waals surface area (Å²) in [7, 11) is -10.7. The molecule has 0 unspecified atom stereocenters. The molecule has 0 saturated heterocycles. The third-order valence-corrected chi connectivity index (χ3v) is 29.4. The molecule has 0 amide bonds. The number of benzene rings is 9. The monoisotopic (exact) mass is 1600 g/mol. The van der Waals surface area contributed by atoms with E-state index in [0.29, 0.717) is 48.7 Å². The van der Waals surface area contributed by atoms with E-state index >= 15 is 9.13 Å². The topological polar surface area (TPSA) is 71.1 Å². The van der Waals surface area contributed by atoms with E-state index in [2.05, 4.69) is 309 Å². The van der Waals surface area contributed by atoms with Gasteiger partial charge in [0, 0.05) is 28.7 Å². The minimum atomic E-state index is -5.33. The van der Waals surface area contributed by atoms with Crippen LogP contribution in [-0.2, 0) is 78.1 Å². The molecule has 0 saturated carbocycles. The fourth-order valence-electron chi connectivity index (χ4n) is 16.4. The minimum absolute atomic E-state index is 0.124. The lowest BCUT2D eigenvalue weighted by molar-refractivity contribution is 0.333. The molecule has 8 heteroatoms. The first-order chi connectivity index (χ1) is 54.1. The van der Waals surface area contributed by atoms with Crippen molar-refractivity contribution in [3.63, 3.8) is 0 Å². The van der Waals surface area contributed by atoms with Gasteiger partial charge in [0.2, 0.25) is 4.90 Å². The largest absolute Gasteiger partial charge is 0.455 e. The van der Waals surface area contributed by atoms with Gasteiger partial charge in [-0.15, -0.1) is 0 Å². The predicted molar refractivity (Wildman–Crippen MR) is 500 cm³/mol. The van der Waals surface area contributed by atoms with E-state index in [0.717, 1.165) is 129 Å². The van der Waals surface area contributed by atoms with Crippen molar-refractivity contribution in [1.82, 2.24) is 0 Å². The molecule has 0 radical (unpaired) electrons. The molecule has 9 aromatic rings. The van der Waals surface area contributed by atoms with E-state index in [9.17, 15) is 0 Å². The second-order valence-corrected chi connectivity index (χ2v) is 46.1. The summed E-state index contributed by atoms with van der Waals surface area (Å²) in [5, 5.41) is 0. The molecule has 0 bridgehead atoms. The second-order valence-electron chi connectivity index (χ2n) is 41.4. The maximum atomic E-state index is 19.8. The van der Waals surface area contributed by atoms with Gasteiger partial charge < -0.3 is 18.1 Å². The minimum Gasteiger partial charge on any atom is -0.415 e. The summed E-state index contributed by atoms with van der Waals surface area (Å²) < 4.78 is 72.0. The van der Waals surface area contributed by atoms with Gasteiger partial charge >= 0.3 is 15.2 Å². The van der Waals surface area contributed by atoms with E-state index in [-0.39, 0.29) is 49.7 Å². The number of hydrogen-bond acceptors (Lipinski definition) is 6. The molecule has 0 atom stereocenters. The summed E-state index contributed by atoms with van der Waals surface area (Å²) in [6, 6.07) is 62.9. The highest BCUT2D eigenvalue weighted by Gasteiger charge is 2.69. The summed E-state index contributed by atoms with van der Waals surface area (Å²) in [6.45, 7) is 63.7. The van der Waals surface area contributed by atoms with Gasteiger partial charge in [0.15, 0.2) is 0 Å². The maximum Gasteiger partial charge on any atom is 0.455 e. The Bertz CT molecular complexity index is 4560. The Morgan fingerprint density at radius 3 is 0.750 bits per heavy atom. The highest BCUT2D eigenvalue weighted by molar-refractivity contribution is 7.75. The van der Waals surface area contributed by atoms with Crippen molar-refractivity contribution < 1.29 is 27.2 Å². The molecule has 1 aliphatic rings. The van der Waals surface area contributed by atoms with Gasteiger partial charge in [-0.2, -0.15) is 0 Å². The van der Waals surface area contributed by atoms with Gasteiger partial charge in [-0.25, -0.2) is 9.13 Å². The molecule has 0 spiro atoms. The number of allylic oxidation sites excluding steroid dienone is 4. The van der Waals surface area contributed by atoms with Gasteiger partial charge in [0.25, 0.3) is 0 Å². The van der Waals surface area contributed by atoms with Crippen LogP contribution in [0.3, 0.4) is 0 Å². The van der Waals surface area contributed by atoms with Gasteiger partial charge in [-0.1, -0.05) is 383 Å². The quantitative estimate of drug-likeness (QED) is 0.0478. The Kier molecular flexibility index (Phi) is 27.4. The summed E-state index contributed by atoms with van der Waals surface area (Å²) in [4.78, 5) is -2.28. The van der Waals surface area contributed by atoms with Crippen molar-refractivity contribution in [2.24, 2.45) is 0 Å². The first-order valence-corrected chi connectivity index (χ1v) is 46.7. The van der Waals surface area contributed by atoms with Crippen LogP contribution < -0.4 is 18.1 Å². The molecular formula is C108H142O6P2. The van der Waals surface area contributed by atoms with Crippen LogP contribution in [0.4, 0.5) is 0 Å².